The normalized spacial score (nSPS) is 14.8. The minimum atomic E-state index is -2.41. The Kier molecular flexibility index (Phi) is 10.6. The van der Waals surface area contributed by atoms with E-state index in [4.69, 9.17) is 44.5 Å². The van der Waals surface area contributed by atoms with Gasteiger partial charge in [0.1, 0.15) is 0 Å². The third-order valence-corrected chi connectivity index (χ3v) is 9.07. The lowest BCUT2D eigenvalue weighted by atomic mass is 10.2. The highest BCUT2D eigenvalue weighted by atomic mass is 35.5. The van der Waals surface area contributed by atoms with Crippen LogP contribution < -0.4 is 0 Å². The molecule has 2 rings (SSSR count). The van der Waals surface area contributed by atoms with E-state index in [-0.39, 0.29) is 0 Å². The molecule has 156 valence electrons. The molecule has 0 fully saturated rings. The Hall–Kier alpha value is -0.970. The number of methoxy groups -OCH3 is 2. The lowest BCUT2D eigenvalue weighted by molar-refractivity contribution is 0.153. The molecular formula is C22H26Cl2NO2PS. The van der Waals surface area contributed by atoms with Crippen molar-refractivity contribution >= 4 is 51.3 Å². The van der Waals surface area contributed by atoms with Crippen molar-refractivity contribution < 1.29 is 9.47 Å². The van der Waals surface area contributed by atoms with Crippen molar-refractivity contribution in [3.05, 3.63) is 83.4 Å². The molecule has 0 amide bonds. The van der Waals surface area contributed by atoms with E-state index in [1.165, 1.54) is 0 Å². The number of halogens is 2. The molecule has 7 heteroatoms. The Bertz CT molecular complexity index is 792. The van der Waals surface area contributed by atoms with Crippen LogP contribution in [0.4, 0.5) is 0 Å². The minimum absolute atomic E-state index is 0.551. The summed E-state index contributed by atoms with van der Waals surface area (Å²) in [6, 6.07) is 19.6. The number of hydrogen-bond acceptors (Lipinski definition) is 3. The Morgan fingerprint density at radius 3 is 1.55 bits per heavy atom. The number of nitrogens with zero attached hydrogens (tertiary/aromatic N) is 1. The van der Waals surface area contributed by atoms with Crippen LogP contribution in [0, 0.1) is 0 Å². The fourth-order valence-electron chi connectivity index (χ4n) is 2.69. The first-order valence-corrected chi connectivity index (χ1v) is 12.9. The van der Waals surface area contributed by atoms with Crippen LogP contribution in [0.5, 0.6) is 0 Å². The molecule has 0 radical (unpaired) electrons. The first kappa shape index (κ1) is 24.3. The zero-order valence-electron chi connectivity index (χ0n) is 16.6. The number of benzene rings is 2. The number of ether oxygens (including phenoxy) is 2. The van der Waals surface area contributed by atoms with Crippen molar-refractivity contribution in [3.63, 3.8) is 0 Å². The van der Waals surface area contributed by atoms with Crippen LogP contribution in [0.2, 0.25) is 0 Å². The predicted molar refractivity (Wildman–Crippen MR) is 130 cm³/mol. The molecular weight excluding hydrogens is 444 g/mol. The standard InChI is InChI=1S/C22H26Cl2NO2PS/c1-26-15-13-25(14-16-27-2)28(29,17-21(23)19-9-5-3-6-10-19)18-22(24)20-11-7-4-8-12-20/h3-12,17-18H,13-16H2,1-2H3/b21-17-,22-18+. The molecule has 0 saturated heterocycles. The highest BCUT2D eigenvalue weighted by molar-refractivity contribution is 8.16. The second-order valence-electron chi connectivity index (χ2n) is 6.30. The predicted octanol–water partition coefficient (Wildman–Crippen LogP) is 6.45. The fourth-order valence-corrected chi connectivity index (χ4v) is 7.44. The van der Waals surface area contributed by atoms with E-state index < -0.39 is 6.19 Å². The highest BCUT2D eigenvalue weighted by Crippen LogP contribution is 2.57. The fraction of sp³-hybridized carbons (Fsp3) is 0.273. The van der Waals surface area contributed by atoms with Crippen LogP contribution >= 0.6 is 29.4 Å². The molecule has 0 spiro atoms. The molecule has 1 unspecified atom stereocenters. The van der Waals surface area contributed by atoms with Gasteiger partial charge in [-0.3, -0.25) is 4.67 Å². The van der Waals surface area contributed by atoms with Crippen molar-refractivity contribution in [2.45, 2.75) is 0 Å². The van der Waals surface area contributed by atoms with Crippen molar-refractivity contribution in [1.82, 2.24) is 4.67 Å². The van der Waals surface area contributed by atoms with E-state index in [0.717, 1.165) is 11.1 Å². The van der Waals surface area contributed by atoms with Gasteiger partial charge in [0.25, 0.3) is 0 Å². The molecule has 1 atom stereocenters. The maximum atomic E-state index is 6.69. The number of hydrogen-bond donors (Lipinski definition) is 0. The first-order valence-electron chi connectivity index (χ1n) is 9.20. The third-order valence-electron chi connectivity index (χ3n) is 4.24. The highest BCUT2D eigenvalue weighted by Gasteiger charge is 2.23. The summed E-state index contributed by atoms with van der Waals surface area (Å²) in [7, 11) is 3.36. The zero-order chi connectivity index (χ0) is 21.1. The summed E-state index contributed by atoms with van der Waals surface area (Å²) in [4.78, 5) is 0. The quantitative estimate of drug-likeness (QED) is 0.352. The molecule has 0 heterocycles. The lowest BCUT2D eigenvalue weighted by Crippen LogP contribution is -2.27. The lowest BCUT2D eigenvalue weighted by Gasteiger charge is -2.31. The summed E-state index contributed by atoms with van der Waals surface area (Å²) in [6.45, 7) is 2.41. The Balaban J connectivity index is 2.51. The van der Waals surface area contributed by atoms with Gasteiger partial charge in [0.05, 0.1) is 29.5 Å². The summed E-state index contributed by atoms with van der Waals surface area (Å²) in [5.41, 5.74) is 1.84. The summed E-state index contributed by atoms with van der Waals surface area (Å²) in [6.07, 6.45) is -2.41. The summed E-state index contributed by atoms with van der Waals surface area (Å²) >= 11 is 19.6. The Morgan fingerprint density at radius 2 is 1.21 bits per heavy atom. The van der Waals surface area contributed by atoms with Crippen molar-refractivity contribution in [2.75, 3.05) is 40.5 Å². The van der Waals surface area contributed by atoms with Gasteiger partial charge in [0.2, 0.25) is 0 Å². The molecule has 0 N–H and O–H groups in total. The van der Waals surface area contributed by atoms with E-state index >= 15 is 0 Å². The molecule has 2 aromatic carbocycles. The maximum absolute atomic E-state index is 6.69. The largest absolute Gasteiger partial charge is 0.383 e. The van der Waals surface area contributed by atoms with Crippen LogP contribution in [0.15, 0.2) is 72.3 Å². The zero-order valence-corrected chi connectivity index (χ0v) is 19.9. The smallest absolute Gasteiger partial charge is 0.0601 e. The Labute approximate surface area is 189 Å². The van der Waals surface area contributed by atoms with Gasteiger partial charge >= 0.3 is 0 Å². The average molecular weight is 470 g/mol. The van der Waals surface area contributed by atoms with E-state index in [2.05, 4.69) is 4.67 Å². The Morgan fingerprint density at radius 1 is 0.828 bits per heavy atom. The molecule has 2 aromatic rings. The van der Waals surface area contributed by atoms with Crippen LogP contribution in [0.3, 0.4) is 0 Å². The van der Waals surface area contributed by atoms with Crippen LogP contribution in [-0.4, -0.2) is 45.2 Å². The van der Waals surface area contributed by atoms with Gasteiger partial charge in [-0.1, -0.05) is 95.7 Å². The molecule has 0 saturated carbocycles. The van der Waals surface area contributed by atoms with Gasteiger partial charge < -0.3 is 9.47 Å². The SMILES string of the molecule is COCCN(CCOC)P(=S)(/C=C(\Cl)c1ccccc1)/C=C(/Cl)c1ccccc1. The summed E-state index contributed by atoms with van der Waals surface area (Å²) < 4.78 is 12.8. The molecule has 0 aliphatic carbocycles. The monoisotopic (exact) mass is 469 g/mol. The van der Waals surface area contributed by atoms with E-state index in [9.17, 15) is 0 Å². The van der Waals surface area contributed by atoms with Gasteiger partial charge in [0.15, 0.2) is 0 Å². The minimum Gasteiger partial charge on any atom is -0.383 e. The van der Waals surface area contributed by atoms with E-state index in [1.807, 2.05) is 72.3 Å². The van der Waals surface area contributed by atoms with E-state index in [0.29, 0.717) is 36.4 Å². The average Bonchev–Trinajstić information content (AvgIpc) is 2.74. The summed E-state index contributed by atoms with van der Waals surface area (Å²) in [5, 5.41) is 1.23. The second-order valence-corrected chi connectivity index (χ2v) is 11.3. The topological polar surface area (TPSA) is 21.7 Å². The van der Waals surface area contributed by atoms with E-state index in [1.54, 1.807) is 14.2 Å². The van der Waals surface area contributed by atoms with Crippen molar-refractivity contribution in [3.8, 4) is 0 Å². The van der Waals surface area contributed by atoms with Crippen molar-refractivity contribution in [1.29, 1.82) is 0 Å². The molecule has 0 aromatic heterocycles. The molecule has 0 aliphatic heterocycles. The second kappa shape index (κ2) is 12.7. The van der Waals surface area contributed by atoms with Gasteiger partial charge in [-0.25, -0.2) is 0 Å². The molecule has 0 aliphatic rings. The van der Waals surface area contributed by atoms with Crippen LogP contribution in [0.25, 0.3) is 10.1 Å². The van der Waals surface area contributed by atoms with Gasteiger partial charge in [0, 0.05) is 27.3 Å². The molecule has 29 heavy (non-hydrogen) atoms. The molecule has 0 bridgehead atoms. The van der Waals surface area contributed by atoms with Crippen LogP contribution in [0.1, 0.15) is 11.1 Å². The number of rotatable bonds is 11. The third kappa shape index (κ3) is 7.66. The van der Waals surface area contributed by atoms with Crippen LogP contribution in [-0.2, 0) is 21.3 Å². The van der Waals surface area contributed by atoms with Crippen molar-refractivity contribution in [2.24, 2.45) is 0 Å². The summed E-state index contributed by atoms with van der Waals surface area (Å²) in [5.74, 6) is 3.94. The maximum Gasteiger partial charge on any atom is 0.0601 e. The van der Waals surface area contributed by atoms with Gasteiger partial charge in [-0.15, -0.1) is 0 Å². The van der Waals surface area contributed by atoms with Gasteiger partial charge in [-0.05, 0) is 22.8 Å². The first-order chi connectivity index (χ1) is 14.0. The van der Waals surface area contributed by atoms with Gasteiger partial charge in [-0.2, -0.15) is 0 Å². The molecule has 3 nitrogen and oxygen atoms in total.